The summed E-state index contributed by atoms with van der Waals surface area (Å²) in [6.45, 7) is 4.03. The van der Waals surface area contributed by atoms with Crippen molar-refractivity contribution in [1.82, 2.24) is 15.0 Å². The van der Waals surface area contributed by atoms with Gasteiger partial charge in [0.2, 0.25) is 5.91 Å². The molecular weight excluding hydrogens is 314 g/mol. The molecule has 0 spiro atoms. The molecule has 23 heavy (non-hydrogen) atoms. The predicted molar refractivity (Wildman–Crippen MR) is 88.1 cm³/mol. The Morgan fingerprint density at radius 2 is 1.96 bits per heavy atom. The van der Waals surface area contributed by atoms with Crippen molar-refractivity contribution in [2.45, 2.75) is 19.4 Å². The van der Waals surface area contributed by atoms with Crippen molar-refractivity contribution in [3.8, 4) is 0 Å². The van der Waals surface area contributed by atoms with E-state index in [0.717, 1.165) is 49.0 Å². The molecule has 0 bridgehead atoms. The third kappa shape index (κ3) is 4.33. The normalized spacial score (nSPS) is 15.8. The minimum Gasteiger partial charge on any atom is -0.364 e. The molecule has 122 valence electrons. The Morgan fingerprint density at radius 1 is 1.17 bits per heavy atom. The van der Waals surface area contributed by atoms with Gasteiger partial charge in [-0.1, -0.05) is 35.0 Å². The fourth-order valence-electron chi connectivity index (χ4n) is 2.80. The molecule has 0 N–H and O–H groups in total. The summed E-state index contributed by atoms with van der Waals surface area (Å²) in [5.41, 5.74) is 1.97. The second kappa shape index (κ2) is 7.62. The van der Waals surface area contributed by atoms with Crippen molar-refractivity contribution >= 4 is 17.5 Å². The van der Waals surface area contributed by atoms with Gasteiger partial charge in [-0.2, -0.15) is 0 Å². The Balaban J connectivity index is 1.44. The van der Waals surface area contributed by atoms with Gasteiger partial charge in [-0.05, 0) is 18.1 Å². The van der Waals surface area contributed by atoms with Crippen LogP contribution < -0.4 is 0 Å². The Hall–Kier alpha value is -1.85. The van der Waals surface area contributed by atoms with Crippen LogP contribution in [0, 0.1) is 0 Å². The summed E-state index contributed by atoms with van der Waals surface area (Å²) in [4.78, 5) is 16.6. The van der Waals surface area contributed by atoms with E-state index in [4.69, 9.17) is 16.1 Å². The number of rotatable bonds is 5. The second-order valence-electron chi connectivity index (χ2n) is 5.74. The number of aryl methyl sites for hydroxylation is 1. The molecule has 0 saturated carbocycles. The van der Waals surface area contributed by atoms with Crippen molar-refractivity contribution in [3.63, 3.8) is 0 Å². The smallest absolute Gasteiger partial charge is 0.222 e. The number of hydrogen-bond acceptors (Lipinski definition) is 4. The first-order valence-electron chi connectivity index (χ1n) is 7.85. The number of nitrogens with zero attached hydrogens (tertiary/aromatic N) is 3. The fourth-order valence-corrected chi connectivity index (χ4v) is 3.03. The number of hydrogen-bond donors (Lipinski definition) is 0. The maximum absolute atomic E-state index is 12.3. The van der Waals surface area contributed by atoms with Crippen LogP contribution in [0.25, 0.3) is 0 Å². The molecule has 2 aromatic rings. The zero-order valence-corrected chi connectivity index (χ0v) is 13.7. The summed E-state index contributed by atoms with van der Waals surface area (Å²) in [5, 5.41) is 4.66. The molecule has 1 aliphatic heterocycles. The summed E-state index contributed by atoms with van der Waals surface area (Å²) in [6.07, 6.45) is 2.79. The molecular formula is C17H20ClN3O2. The number of halogens is 1. The summed E-state index contributed by atoms with van der Waals surface area (Å²) < 4.78 is 4.85. The van der Waals surface area contributed by atoms with E-state index in [0.29, 0.717) is 12.8 Å². The van der Waals surface area contributed by atoms with Gasteiger partial charge >= 0.3 is 0 Å². The minimum atomic E-state index is 0.200. The van der Waals surface area contributed by atoms with Gasteiger partial charge in [-0.3, -0.25) is 9.69 Å². The van der Waals surface area contributed by atoms with Gasteiger partial charge in [0.05, 0.1) is 5.69 Å². The van der Waals surface area contributed by atoms with Crippen molar-refractivity contribution in [2.24, 2.45) is 0 Å². The molecule has 3 rings (SSSR count). The quantitative estimate of drug-likeness (QED) is 0.844. The summed E-state index contributed by atoms with van der Waals surface area (Å²) >= 11 is 6.14. The Bertz CT molecular complexity index is 637. The molecule has 1 aromatic carbocycles. The highest BCUT2D eigenvalue weighted by molar-refractivity contribution is 6.31. The van der Waals surface area contributed by atoms with E-state index in [9.17, 15) is 4.79 Å². The summed E-state index contributed by atoms with van der Waals surface area (Å²) in [5.74, 6) is 0.200. The number of amides is 1. The molecule has 1 fully saturated rings. The van der Waals surface area contributed by atoms with Crippen LogP contribution >= 0.6 is 11.6 Å². The fraction of sp³-hybridized carbons (Fsp3) is 0.412. The molecule has 1 amide bonds. The number of carbonyl (C=O) groups is 1. The summed E-state index contributed by atoms with van der Waals surface area (Å²) in [6, 6.07) is 9.58. The van der Waals surface area contributed by atoms with Gasteiger partial charge in [-0.15, -0.1) is 0 Å². The van der Waals surface area contributed by atoms with E-state index < -0.39 is 0 Å². The monoisotopic (exact) mass is 333 g/mol. The topological polar surface area (TPSA) is 49.6 Å². The van der Waals surface area contributed by atoms with Gasteiger partial charge in [0, 0.05) is 50.2 Å². The molecule has 0 unspecified atom stereocenters. The van der Waals surface area contributed by atoms with Gasteiger partial charge in [0.25, 0.3) is 0 Å². The van der Waals surface area contributed by atoms with Crippen LogP contribution in [0.4, 0.5) is 0 Å². The van der Waals surface area contributed by atoms with Crippen LogP contribution in [0.5, 0.6) is 0 Å². The number of aromatic nitrogens is 1. The lowest BCUT2D eigenvalue weighted by atomic mass is 10.1. The predicted octanol–water partition coefficient (Wildman–Crippen LogP) is 2.61. The first-order chi connectivity index (χ1) is 11.2. The lowest BCUT2D eigenvalue weighted by Crippen LogP contribution is -2.48. The minimum absolute atomic E-state index is 0.200. The summed E-state index contributed by atoms with van der Waals surface area (Å²) in [7, 11) is 0. The molecule has 0 radical (unpaired) electrons. The lowest BCUT2D eigenvalue weighted by molar-refractivity contribution is -0.133. The molecule has 1 aromatic heterocycles. The van der Waals surface area contributed by atoms with Crippen molar-refractivity contribution in [3.05, 3.63) is 52.9 Å². The van der Waals surface area contributed by atoms with Crippen molar-refractivity contribution in [1.29, 1.82) is 0 Å². The van der Waals surface area contributed by atoms with Crippen LogP contribution in [0.3, 0.4) is 0 Å². The van der Waals surface area contributed by atoms with E-state index in [2.05, 4.69) is 10.1 Å². The Kier molecular flexibility index (Phi) is 5.31. The van der Waals surface area contributed by atoms with E-state index in [1.165, 1.54) is 0 Å². The van der Waals surface area contributed by atoms with Gasteiger partial charge in [-0.25, -0.2) is 0 Å². The van der Waals surface area contributed by atoms with Crippen molar-refractivity contribution in [2.75, 3.05) is 26.2 Å². The van der Waals surface area contributed by atoms with Crippen LogP contribution in [0.1, 0.15) is 17.7 Å². The first-order valence-corrected chi connectivity index (χ1v) is 8.23. The van der Waals surface area contributed by atoms with Crippen LogP contribution in [-0.2, 0) is 17.8 Å². The van der Waals surface area contributed by atoms with Crippen LogP contribution in [0.15, 0.2) is 41.1 Å². The number of carbonyl (C=O) groups excluding carboxylic acids is 1. The number of benzene rings is 1. The van der Waals surface area contributed by atoms with E-state index in [-0.39, 0.29) is 5.91 Å². The molecule has 6 heteroatoms. The van der Waals surface area contributed by atoms with E-state index >= 15 is 0 Å². The Labute approximate surface area is 140 Å². The maximum atomic E-state index is 12.3. The highest BCUT2D eigenvalue weighted by Gasteiger charge is 2.21. The van der Waals surface area contributed by atoms with Crippen molar-refractivity contribution < 1.29 is 9.32 Å². The van der Waals surface area contributed by atoms with E-state index in [1.807, 2.05) is 35.2 Å². The number of piperazine rings is 1. The molecule has 5 nitrogen and oxygen atoms in total. The van der Waals surface area contributed by atoms with Crippen LogP contribution in [0.2, 0.25) is 5.02 Å². The Morgan fingerprint density at radius 3 is 2.65 bits per heavy atom. The maximum Gasteiger partial charge on any atom is 0.222 e. The van der Waals surface area contributed by atoms with E-state index in [1.54, 1.807) is 6.26 Å². The molecule has 1 saturated heterocycles. The van der Waals surface area contributed by atoms with Gasteiger partial charge in [0.1, 0.15) is 6.26 Å². The standard InChI is InChI=1S/C17H20ClN3O2/c18-16-4-2-1-3-14(16)5-6-17(22)21-10-8-20(9-11-21)13-15-7-12-23-19-15/h1-4,7,12H,5-6,8-11,13H2. The molecule has 0 atom stereocenters. The molecule has 0 aliphatic carbocycles. The molecule has 1 aliphatic rings. The van der Waals surface area contributed by atoms with Gasteiger partial charge in [0.15, 0.2) is 0 Å². The largest absolute Gasteiger partial charge is 0.364 e. The lowest BCUT2D eigenvalue weighted by Gasteiger charge is -2.34. The highest BCUT2D eigenvalue weighted by Crippen LogP contribution is 2.17. The molecule has 2 heterocycles. The zero-order chi connectivity index (χ0) is 16.1. The zero-order valence-electron chi connectivity index (χ0n) is 12.9. The average molecular weight is 334 g/mol. The highest BCUT2D eigenvalue weighted by atomic mass is 35.5. The third-order valence-corrected chi connectivity index (χ3v) is 4.54. The third-order valence-electron chi connectivity index (χ3n) is 4.17. The van der Waals surface area contributed by atoms with Gasteiger partial charge < -0.3 is 9.42 Å². The second-order valence-corrected chi connectivity index (χ2v) is 6.15. The average Bonchev–Trinajstić information content (AvgIpc) is 3.07. The first kappa shape index (κ1) is 16.0. The SMILES string of the molecule is O=C(CCc1ccccc1Cl)N1CCN(Cc2ccon2)CC1. The van der Waals surface area contributed by atoms with Crippen LogP contribution in [-0.4, -0.2) is 47.0 Å².